The van der Waals surface area contributed by atoms with Gasteiger partial charge >= 0.3 is 0 Å². The topological polar surface area (TPSA) is 58.6 Å². The van der Waals surface area contributed by atoms with Gasteiger partial charge in [-0.2, -0.15) is 0 Å². The summed E-state index contributed by atoms with van der Waals surface area (Å²) in [6.07, 6.45) is 5.36. The molecule has 0 fully saturated rings. The highest BCUT2D eigenvalue weighted by molar-refractivity contribution is 5.98. The lowest BCUT2D eigenvalue weighted by Gasteiger charge is -2.21. The van der Waals surface area contributed by atoms with Crippen LogP contribution < -0.4 is 5.32 Å². The van der Waals surface area contributed by atoms with Gasteiger partial charge in [-0.3, -0.25) is 9.59 Å². The fraction of sp³-hybridized carbons (Fsp3) is 0.217. The molecule has 1 amide bonds. The second-order valence-corrected chi connectivity index (χ2v) is 6.49. The SMILES string of the molecule is O=C(NCCOCc1ccccc1)C1=CCN(CC(=O)c2ccccc2)C=C1. The highest BCUT2D eigenvalue weighted by atomic mass is 16.5. The molecule has 1 N–H and O–H groups in total. The van der Waals surface area contributed by atoms with E-state index in [0.29, 0.717) is 44.0 Å². The van der Waals surface area contributed by atoms with Crippen molar-refractivity contribution >= 4 is 11.7 Å². The summed E-state index contributed by atoms with van der Waals surface area (Å²) in [6, 6.07) is 19.1. The van der Waals surface area contributed by atoms with Crippen LogP contribution in [0.3, 0.4) is 0 Å². The number of hydrogen-bond donors (Lipinski definition) is 1. The van der Waals surface area contributed by atoms with Crippen molar-refractivity contribution in [3.05, 3.63) is 95.7 Å². The van der Waals surface area contributed by atoms with Gasteiger partial charge in [-0.15, -0.1) is 0 Å². The van der Waals surface area contributed by atoms with Gasteiger partial charge in [-0.05, 0) is 11.6 Å². The van der Waals surface area contributed by atoms with Gasteiger partial charge in [-0.25, -0.2) is 0 Å². The summed E-state index contributed by atoms with van der Waals surface area (Å²) in [4.78, 5) is 26.3. The minimum Gasteiger partial charge on any atom is -0.375 e. The van der Waals surface area contributed by atoms with Crippen LogP contribution in [-0.4, -0.2) is 42.8 Å². The Balaban J connectivity index is 1.35. The number of benzene rings is 2. The van der Waals surface area contributed by atoms with Crippen LogP contribution in [0.4, 0.5) is 0 Å². The van der Waals surface area contributed by atoms with Crippen LogP contribution in [0, 0.1) is 0 Å². The predicted molar refractivity (Wildman–Crippen MR) is 109 cm³/mol. The fourth-order valence-corrected chi connectivity index (χ4v) is 2.82. The molecule has 0 unspecified atom stereocenters. The Bertz CT molecular complexity index is 845. The summed E-state index contributed by atoms with van der Waals surface area (Å²) in [5, 5.41) is 2.85. The van der Waals surface area contributed by atoms with Crippen LogP contribution >= 0.6 is 0 Å². The lowest BCUT2D eigenvalue weighted by atomic mass is 10.1. The maximum absolute atomic E-state index is 12.2. The lowest BCUT2D eigenvalue weighted by Crippen LogP contribution is -2.32. The van der Waals surface area contributed by atoms with Crippen LogP contribution in [0.5, 0.6) is 0 Å². The maximum Gasteiger partial charge on any atom is 0.251 e. The van der Waals surface area contributed by atoms with Crippen molar-refractivity contribution in [1.82, 2.24) is 10.2 Å². The molecule has 2 aromatic carbocycles. The number of nitrogens with one attached hydrogen (secondary N) is 1. The Labute approximate surface area is 165 Å². The van der Waals surface area contributed by atoms with E-state index in [1.54, 1.807) is 12.3 Å². The molecule has 0 aromatic heterocycles. The first-order chi connectivity index (χ1) is 13.7. The fourth-order valence-electron chi connectivity index (χ4n) is 2.82. The summed E-state index contributed by atoms with van der Waals surface area (Å²) in [5.74, 6) is -0.0734. The molecule has 0 saturated carbocycles. The van der Waals surface area contributed by atoms with Crippen molar-refractivity contribution < 1.29 is 14.3 Å². The van der Waals surface area contributed by atoms with Crippen LogP contribution in [0.2, 0.25) is 0 Å². The van der Waals surface area contributed by atoms with Gasteiger partial charge in [-0.1, -0.05) is 66.7 Å². The van der Waals surface area contributed by atoms with E-state index in [1.807, 2.05) is 71.6 Å². The molecule has 0 saturated heterocycles. The van der Waals surface area contributed by atoms with Crippen molar-refractivity contribution in [2.45, 2.75) is 6.61 Å². The van der Waals surface area contributed by atoms with E-state index < -0.39 is 0 Å². The Morgan fingerprint density at radius 2 is 1.71 bits per heavy atom. The van der Waals surface area contributed by atoms with E-state index in [2.05, 4.69) is 5.32 Å². The molecule has 0 bridgehead atoms. The Morgan fingerprint density at radius 3 is 2.39 bits per heavy atom. The number of Topliss-reactive ketones (excluding diaryl/α,β-unsaturated/α-hetero) is 1. The number of amides is 1. The molecule has 0 radical (unpaired) electrons. The van der Waals surface area contributed by atoms with E-state index in [1.165, 1.54) is 0 Å². The van der Waals surface area contributed by atoms with Crippen LogP contribution in [0.15, 0.2) is 84.6 Å². The summed E-state index contributed by atoms with van der Waals surface area (Å²) in [6.45, 7) is 2.26. The monoisotopic (exact) mass is 376 g/mol. The molecule has 28 heavy (non-hydrogen) atoms. The van der Waals surface area contributed by atoms with Gasteiger partial charge in [0.1, 0.15) is 0 Å². The van der Waals surface area contributed by atoms with Gasteiger partial charge in [0.05, 0.1) is 19.8 Å². The number of carbonyl (C=O) groups excluding carboxylic acids is 2. The summed E-state index contributed by atoms with van der Waals surface area (Å²) in [5.41, 5.74) is 2.40. The van der Waals surface area contributed by atoms with Gasteiger partial charge in [0.15, 0.2) is 5.78 Å². The number of ketones is 1. The van der Waals surface area contributed by atoms with E-state index in [0.717, 1.165) is 5.56 Å². The average Bonchev–Trinajstić information content (AvgIpc) is 2.75. The minimum atomic E-state index is -0.131. The second kappa shape index (κ2) is 10.2. The van der Waals surface area contributed by atoms with E-state index in [9.17, 15) is 9.59 Å². The Hall–Kier alpha value is -3.18. The van der Waals surface area contributed by atoms with Crippen molar-refractivity contribution in [3.63, 3.8) is 0 Å². The number of nitrogens with zero attached hydrogens (tertiary/aromatic N) is 1. The molecular formula is C23H24N2O3. The average molecular weight is 376 g/mol. The standard InChI is InChI=1S/C23H24N2O3/c26-22(20-9-5-2-6-10-20)17-25-14-11-21(12-15-25)23(27)24-13-16-28-18-19-7-3-1-4-8-19/h1-12,14H,13,15-18H2,(H,24,27). The third-order valence-electron chi connectivity index (χ3n) is 4.36. The summed E-state index contributed by atoms with van der Waals surface area (Å²) < 4.78 is 5.56. The number of ether oxygens (including phenoxy) is 1. The molecule has 0 spiro atoms. The van der Waals surface area contributed by atoms with Crippen molar-refractivity contribution in [3.8, 4) is 0 Å². The molecule has 1 aliphatic rings. The van der Waals surface area contributed by atoms with Gasteiger partial charge < -0.3 is 15.0 Å². The molecule has 144 valence electrons. The molecular weight excluding hydrogens is 352 g/mol. The third kappa shape index (κ3) is 5.93. The predicted octanol–water partition coefficient (Wildman–Crippen LogP) is 2.96. The lowest BCUT2D eigenvalue weighted by molar-refractivity contribution is -0.117. The Kier molecular flexibility index (Phi) is 7.15. The van der Waals surface area contributed by atoms with Crippen molar-refractivity contribution in [1.29, 1.82) is 0 Å². The molecule has 3 rings (SSSR count). The molecule has 0 atom stereocenters. The molecule has 1 heterocycles. The number of rotatable bonds is 9. The molecule has 1 aliphatic heterocycles. The highest BCUT2D eigenvalue weighted by Crippen LogP contribution is 2.09. The largest absolute Gasteiger partial charge is 0.375 e. The van der Waals surface area contributed by atoms with E-state index in [4.69, 9.17) is 4.74 Å². The summed E-state index contributed by atoms with van der Waals surface area (Å²) in [7, 11) is 0. The highest BCUT2D eigenvalue weighted by Gasteiger charge is 2.14. The third-order valence-corrected chi connectivity index (χ3v) is 4.36. The van der Waals surface area contributed by atoms with Crippen molar-refractivity contribution in [2.75, 3.05) is 26.2 Å². The number of carbonyl (C=O) groups is 2. The summed E-state index contributed by atoms with van der Waals surface area (Å²) >= 11 is 0. The van der Waals surface area contributed by atoms with Gasteiger partial charge in [0.25, 0.3) is 5.91 Å². The first-order valence-electron chi connectivity index (χ1n) is 9.33. The zero-order valence-electron chi connectivity index (χ0n) is 15.7. The molecule has 5 nitrogen and oxygen atoms in total. The van der Waals surface area contributed by atoms with Gasteiger partial charge in [0.2, 0.25) is 0 Å². The minimum absolute atomic E-state index is 0.0575. The second-order valence-electron chi connectivity index (χ2n) is 6.49. The maximum atomic E-state index is 12.2. The van der Waals surface area contributed by atoms with Crippen LogP contribution in [0.1, 0.15) is 15.9 Å². The molecule has 5 heteroatoms. The smallest absolute Gasteiger partial charge is 0.251 e. The quantitative estimate of drug-likeness (QED) is 0.540. The first-order valence-corrected chi connectivity index (χ1v) is 9.33. The molecule has 0 aliphatic carbocycles. The van der Waals surface area contributed by atoms with Crippen molar-refractivity contribution in [2.24, 2.45) is 0 Å². The number of hydrogen-bond acceptors (Lipinski definition) is 4. The van der Waals surface area contributed by atoms with E-state index in [-0.39, 0.29) is 11.7 Å². The normalized spacial score (nSPS) is 13.1. The van der Waals surface area contributed by atoms with Crippen LogP contribution in [0.25, 0.3) is 0 Å². The van der Waals surface area contributed by atoms with Gasteiger partial charge in [0, 0.05) is 30.4 Å². The van der Waals surface area contributed by atoms with Crippen LogP contribution in [-0.2, 0) is 16.1 Å². The zero-order valence-corrected chi connectivity index (χ0v) is 15.7. The molecule has 2 aromatic rings. The van der Waals surface area contributed by atoms with E-state index >= 15 is 0 Å². The Morgan fingerprint density at radius 1 is 1.00 bits per heavy atom. The zero-order chi connectivity index (χ0) is 19.6. The first kappa shape index (κ1) is 19.6.